The highest BCUT2D eigenvalue weighted by molar-refractivity contribution is 5.77. The largest absolute Gasteiger partial charge is 0.392 e. The molecule has 1 aliphatic rings. The Balaban J connectivity index is 1.55. The van der Waals surface area contributed by atoms with Crippen LogP contribution >= 0.6 is 0 Å². The van der Waals surface area contributed by atoms with Crippen molar-refractivity contribution in [2.24, 2.45) is 22.9 Å². The van der Waals surface area contributed by atoms with Crippen molar-refractivity contribution in [3.8, 4) is 0 Å². The van der Waals surface area contributed by atoms with E-state index in [0.717, 1.165) is 39.0 Å². The van der Waals surface area contributed by atoms with E-state index in [1.807, 2.05) is 31.3 Å². The zero-order chi connectivity index (χ0) is 27.1. The minimum absolute atomic E-state index is 0.00124. The molecule has 0 saturated heterocycles. The molecule has 0 bridgehead atoms. The van der Waals surface area contributed by atoms with Crippen molar-refractivity contribution >= 4 is 16.7 Å². The predicted octanol–water partition coefficient (Wildman–Crippen LogP) is 6.57. The van der Waals surface area contributed by atoms with Crippen LogP contribution in [-0.2, 0) is 26.8 Å². The number of nitrogens with zero attached hydrogens (tertiary/aromatic N) is 3. The van der Waals surface area contributed by atoms with Crippen molar-refractivity contribution in [3.05, 3.63) is 94.6 Å². The minimum Gasteiger partial charge on any atom is -0.392 e. The van der Waals surface area contributed by atoms with Crippen LogP contribution in [0.3, 0.4) is 0 Å². The maximum Gasteiger partial charge on any atom is 0.211 e. The Morgan fingerprint density at radius 3 is 1.95 bits per heavy atom. The van der Waals surface area contributed by atoms with Gasteiger partial charge in [-0.25, -0.2) is 4.99 Å². The van der Waals surface area contributed by atoms with Crippen LogP contribution in [0.4, 0.5) is 5.69 Å². The third-order valence-corrected chi connectivity index (χ3v) is 8.11. The summed E-state index contributed by atoms with van der Waals surface area (Å²) in [6.45, 7) is 10.3. The molecule has 200 valence electrons. The fourth-order valence-corrected chi connectivity index (χ4v) is 6.81. The Bertz CT molecular complexity index is 1470. The predicted molar refractivity (Wildman–Crippen MR) is 154 cm³/mol. The van der Waals surface area contributed by atoms with E-state index in [1.165, 1.54) is 24.8 Å². The zero-order valence-corrected chi connectivity index (χ0v) is 23.4. The van der Waals surface area contributed by atoms with Gasteiger partial charge in [-0.15, -0.1) is 0 Å². The molecule has 1 aliphatic carbocycles. The molecule has 1 saturated carbocycles. The Labute approximate surface area is 226 Å². The fraction of sp³-hybridized carbons (Fsp3) is 0.424. The highest BCUT2D eigenvalue weighted by Crippen LogP contribution is 2.51. The SMILES string of the molecule is Cn1c(=Nc2ccc(C3CC(C)(C)CC(C)(C)C3)cc2)n(Cc2ccc(CO)cc2)c2cc(CO)ccc21. The van der Waals surface area contributed by atoms with Gasteiger partial charge in [0.15, 0.2) is 0 Å². The van der Waals surface area contributed by atoms with E-state index in [2.05, 4.69) is 79.3 Å². The molecule has 38 heavy (non-hydrogen) atoms. The highest BCUT2D eigenvalue weighted by atomic mass is 16.3. The lowest BCUT2D eigenvalue weighted by Gasteiger charge is -2.45. The lowest BCUT2D eigenvalue weighted by Crippen LogP contribution is -2.32. The van der Waals surface area contributed by atoms with E-state index in [-0.39, 0.29) is 13.2 Å². The molecule has 5 rings (SSSR count). The smallest absolute Gasteiger partial charge is 0.211 e. The number of hydrogen-bond donors (Lipinski definition) is 2. The summed E-state index contributed by atoms with van der Waals surface area (Å²) in [5, 5.41) is 19.2. The van der Waals surface area contributed by atoms with Crippen molar-refractivity contribution in [2.45, 2.75) is 72.6 Å². The quantitative estimate of drug-likeness (QED) is 0.308. The summed E-state index contributed by atoms with van der Waals surface area (Å²) >= 11 is 0. The van der Waals surface area contributed by atoms with E-state index in [4.69, 9.17) is 4.99 Å². The molecule has 0 spiro atoms. The van der Waals surface area contributed by atoms with Crippen molar-refractivity contribution in [1.29, 1.82) is 0 Å². The van der Waals surface area contributed by atoms with Gasteiger partial charge in [0, 0.05) is 7.05 Å². The second-order valence-corrected chi connectivity index (χ2v) is 12.7. The van der Waals surface area contributed by atoms with Crippen LogP contribution in [0.15, 0.2) is 71.7 Å². The monoisotopic (exact) mass is 511 g/mol. The van der Waals surface area contributed by atoms with Gasteiger partial charge in [0.2, 0.25) is 5.62 Å². The van der Waals surface area contributed by atoms with Crippen LogP contribution in [0.2, 0.25) is 0 Å². The highest BCUT2D eigenvalue weighted by Gasteiger charge is 2.38. The van der Waals surface area contributed by atoms with E-state index >= 15 is 0 Å². The van der Waals surface area contributed by atoms with Gasteiger partial charge in [-0.3, -0.25) is 0 Å². The molecule has 0 unspecified atom stereocenters. The summed E-state index contributed by atoms with van der Waals surface area (Å²) < 4.78 is 4.33. The average molecular weight is 512 g/mol. The Hall–Kier alpha value is -3.15. The number of hydrogen-bond acceptors (Lipinski definition) is 3. The maximum absolute atomic E-state index is 9.78. The zero-order valence-electron chi connectivity index (χ0n) is 23.4. The van der Waals surface area contributed by atoms with Crippen LogP contribution in [-0.4, -0.2) is 19.3 Å². The molecule has 2 N–H and O–H groups in total. The molecule has 5 nitrogen and oxygen atoms in total. The van der Waals surface area contributed by atoms with E-state index < -0.39 is 0 Å². The Morgan fingerprint density at radius 1 is 0.763 bits per heavy atom. The van der Waals surface area contributed by atoms with Gasteiger partial charge in [0.05, 0.1) is 36.5 Å². The molecular formula is C33H41N3O2. The number of aliphatic hydroxyl groups is 2. The van der Waals surface area contributed by atoms with Crippen molar-refractivity contribution in [3.63, 3.8) is 0 Å². The van der Waals surface area contributed by atoms with Gasteiger partial charge >= 0.3 is 0 Å². The van der Waals surface area contributed by atoms with Gasteiger partial charge < -0.3 is 19.3 Å². The minimum atomic E-state index is -0.00124. The average Bonchev–Trinajstić information content (AvgIpc) is 3.13. The summed E-state index contributed by atoms with van der Waals surface area (Å²) in [7, 11) is 2.05. The molecule has 0 atom stereocenters. The molecule has 0 aliphatic heterocycles. The van der Waals surface area contributed by atoms with E-state index in [9.17, 15) is 10.2 Å². The second kappa shape index (κ2) is 10.2. The third-order valence-electron chi connectivity index (χ3n) is 8.11. The molecule has 3 aromatic carbocycles. The van der Waals surface area contributed by atoms with Crippen molar-refractivity contribution in [1.82, 2.24) is 9.13 Å². The first-order valence-electron chi connectivity index (χ1n) is 13.7. The molecule has 1 aromatic heterocycles. The van der Waals surface area contributed by atoms with E-state index in [0.29, 0.717) is 23.3 Å². The van der Waals surface area contributed by atoms with Gasteiger partial charge in [-0.1, -0.05) is 70.2 Å². The number of fused-ring (bicyclic) bond motifs is 1. The summed E-state index contributed by atoms with van der Waals surface area (Å²) in [6, 6.07) is 23.0. The molecule has 0 amide bonds. The number of rotatable bonds is 6. The third kappa shape index (κ3) is 5.50. The second-order valence-electron chi connectivity index (χ2n) is 12.7. The molecule has 0 radical (unpaired) electrons. The molecule has 5 heteroatoms. The fourth-order valence-electron chi connectivity index (χ4n) is 6.81. The molecule has 1 heterocycles. The first kappa shape index (κ1) is 26.5. The Kier molecular flexibility index (Phi) is 7.10. The summed E-state index contributed by atoms with van der Waals surface area (Å²) in [6.07, 6.45) is 3.71. The summed E-state index contributed by atoms with van der Waals surface area (Å²) in [5.41, 5.74) is 8.91. The number of aromatic nitrogens is 2. The Morgan fingerprint density at radius 2 is 1.34 bits per heavy atom. The van der Waals surface area contributed by atoms with Crippen LogP contribution in [0.5, 0.6) is 0 Å². The molecule has 4 aromatic rings. The standard InChI is InChI=1S/C33H41N3O2/c1-32(2)17-27(18-33(3,4)22-32)26-11-13-28(14-12-26)34-31-35(5)29-15-10-25(21-38)16-30(29)36(31)19-23-6-8-24(20-37)9-7-23/h6-16,27,37-38H,17-22H2,1-5H3. The number of aliphatic hydroxyl groups excluding tert-OH is 2. The first-order chi connectivity index (χ1) is 18.1. The van der Waals surface area contributed by atoms with Gasteiger partial charge in [-0.05, 0) is 82.5 Å². The van der Waals surface area contributed by atoms with Crippen molar-refractivity contribution in [2.75, 3.05) is 0 Å². The molecule has 1 fully saturated rings. The van der Waals surface area contributed by atoms with E-state index in [1.54, 1.807) is 0 Å². The van der Waals surface area contributed by atoms with Crippen LogP contribution in [0.25, 0.3) is 11.0 Å². The van der Waals surface area contributed by atoms with Crippen molar-refractivity contribution < 1.29 is 10.2 Å². The lowest BCUT2D eigenvalue weighted by molar-refractivity contribution is 0.0969. The van der Waals surface area contributed by atoms with Crippen LogP contribution in [0, 0.1) is 10.8 Å². The van der Waals surface area contributed by atoms with Gasteiger partial charge in [-0.2, -0.15) is 0 Å². The van der Waals surface area contributed by atoms with Crippen LogP contribution in [0.1, 0.15) is 75.1 Å². The van der Waals surface area contributed by atoms with Gasteiger partial charge in [0.1, 0.15) is 0 Å². The summed E-state index contributed by atoms with van der Waals surface area (Å²) in [5.74, 6) is 0.573. The normalized spacial score (nSPS) is 17.8. The summed E-state index contributed by atoms with van der Waals surface area (Å²) in [4.78, 5) is 5.13. The van der Waals surface area contributed by atoms with Crippen LogP contribution < -0.4 is 5.62 Å². The number of aryl methyl sites for hydroxylation is 1. The first-order valence-corrected chi connectivity index (χ1v) is 13.7. The maximum atomic E-state index is 9.78. The van der Waals surface area contributed by atoms with Gasteiger partial charge in [0.25, 0.3) is 0 Å². The number of imidazole rings is 1. The molecular weight excluding hydrogens is 470 g/mol. The lowest BCUT2D eigenvalue weighted by atomic mass is 9.60. The topological polar surface area (TPSA) is 62.7 Å². The number of benzene rings is 3.